The second-order valence-electron chi connectivity index (χ2n) is 7.07. The molecule has 150 valence electrons. The molecule has 1 aliphatic rings. The zero-order valence-electron chi connectivity index (χ0n) is 15.7. The minimum absolute atomic E-state index is 0.118. The molecule has 0 saturated carbocycles. The summed E-state index contributed by atoms with van der Waals surface area (Å²) in [5, 5.41) is 0.765. The van der Waals surface area contributed by atoms with Crippen LogP contribution in [0.5, 0.6) is 0 Å². The lowest BCUT2D eigenvalue weighted by Gasteiger charge is -2.31. The van der Waals surface area contributed by atoms with Crippen molar-refractivity contribution in [2.24, 2.45) is 5.92 Å². The summed E-state index contributed by atoms with van der Waals surface area (Å²) >= 11 is 12.1. The molecular formula is C20H22Cl2N2O3S. The van der Waals surface area contributed by atoms with Crippen molar-refractivity contribution in [2.45, 2.75) is 24.7 Å². The van der Waals surface area contributed by atoms with E-state index in [9.17, 15) is 13.2 Å². The minimum Gasteiger partial charge on any atom is -0.339 e. The summed E-state index contributed by atoms with van der Waals surface area (Å²) in [6.07, 6.45) is 1.90. The number of benzene rings is 2. The van der Waals surface area contributed by atoms with E-state index in [2.05, 4.69) is 6.92 Å². The maximum Gasteiger partial charge on any atom is 0.264 e. The van der Waals surface area contributed by atoms with Crippen LogP contribution in [0, 0.1) is 5.92 Å². The van der Waals surface area contributed by atoms with E-state index >= 15 is 0 Å². The van der Waals surface area contributed by atoms with Gasteiger partial charge >= 0.3 is 0 Å². The third-order valence-corrected chi connectivity index (χ3v) is 7.47. The van der Waals surface area contributed by atoms with Gasteiger partial charge in [0.25, 0.3) is 15.9 Å². The SMILES string of the molecule is CC1CCN(C(=O)c2cc(N(C)S(=O)(=O)c3ccc(Cl)cc3)ccc2Cl)CC1. The van der Waals surface area contributed by atoms with Crippen molar-refractivity contribution in [1.29, 1.82) is 0 Å². The van der Waals surface area contributed by atoms with Crippen molar-refractivity contribution >= 4 is 44.8 Å². The van der Waals surface area contributed by atoms with Crippen LogP contribution in [0.3, 0.4) is 0 Å². The monoisotopic (exact) mass is 440 g/mol. The highest BCUT2D eigenvalue weighted by Crippen LogP contribution is 2.29. The van der Waals surface area contributed by atoms with Crippen LogP contribution in [0.15, 0.2) is 47.4 Å². The van der Waals surface area contributed by atoms with E-state index in [0.29, 0.717) is 40.3 Å². The molecule has 1 fully saturated rings. The third kappa shape index (κ3) is 4.29. The van der Waals surface area contributed by atoms with Gasteiger partial charge in [-0.3, -0.25) is 9.10 Å². The molecule has 0 bridgehead atoms. The summed E-state index contributed by atoms with van der Waals surface area (Å²) in [6, 6.07) is 10.6. The molecule has 0 atom stereocenters. The topological polar surface area (TPSA) is 57.7 Å². The Balaban J connectivity index is 1.90. The number of amides is 1. The maximum absolute atomic E-state index is 12.9. The first kappa shape index (κ1) is 21.0. The Kier molecular flexibility index (Phi) is 6.22. The standard InChI is InChI=1S/C20H22Cl2N2O3S/c1-14-9-11-24(12-10-14)20(25)18-13-16(5-8-19(18)22)23(2)28(26,27)17-6-3-15(21)4-7-17/h3-8,13-14H,9-12H2,1-2H3. The van der Waals surface area contributed by atoms with E-state index in [-0.39, 0.29) is 10.8 Å². The van der Waals surface area contributed by atoms with Crippen molar-refractivity contribution < 1.29 is 13.2 Å². The smallest absolute Gasteiger partial charge is 0.264 e. The lowest BCUT2D eigenvalue weighted by Crippen LogP contribution is -2.38. The van der Waals surface area contributed by atoms with Gasteiger partial charge in [-0.25, -0.2) is 8.42 Å². The van der Waals surface area contributed by atoms with Gasteiger partial charge in [-0.1, -0.05) is 30.1 Å². The number of likely N-dealkylation sites (tertiary alicyclic amines) is 1. The second-order valence-corrected chi connectivity index (χ2v) is 9.88. The first-order valence-corrected chi connectivity index (χ1v) is 11.2. The Morgan fingerprint density at radius 1 is 1.07 bits per heavy atom. The molecular weight excluding hydrogens is 419 g/mol. The minimum atomic E-state index is -3.79. The summed E-state index contributed by atoms with van der Waals surface area (Å²) in [6.45, 7) is 3.53. The molecule has 28 heavy (non-hydrogen) atoms. The maximum atomic E-state index is 12.9. The molecule has 1 saturated heterocycles. The van der Waals surface area contributed by atoms with Crippen LogP contribution < -0.4 is 4.31 Å². The fraction of sp³-hybridized carbons (Fsp3) is 0.350. The van der Waals surface area contributed by atoms with Gasteiger partial charge in [0.1, 0.15) is 0 Å². The number of hydrogen-bond acceptors (Lipinski definition) is 3. The van der Waals surface area contributed by atoms with Crippen LogP contribution in [-0.2, 0) is 10.0 Å². The molecule has 0 radical (unpaired) electrons. The number of carbonyl (C=O) groups excluding carboxylic acids is 1. The van der Waals surface area contributed by atoms with E-state index in [1.54, 1.807) is 17.0 Å². The first-order valence-electron chi connectivity index (χ1n) is 9.03. The molecule has 5 nitrogen and oxygen atoms in total. The van der Waals surface area contributed by atoms with Crippen molar-refractivity contribution in [3.63, 3.8) is 0 Å². The fourth-order valence-corrected chi connectivity index (χ4v) is 4.67. The van der Waals surface area contributed by atoms with Gasteiger partial charge in [-0.05, 0) is 61.2 Å². The highest BCUT2D eigenvalue weighted by Gasteiger charge is 2.26. The molecule has 1 amide bonds. The van der Waals surface area contributed by atoms with Crippen molar-refractivity contribution in [3.05, 3.63) is 58.1 Å². The van der Waals surface area contributed by atoms with Crippen LogP contribution in [-0.4, -0.2) is 39.4 Å². The summed E-state index contributed by atoms with van der Waals surface area (Å²) in [5.41, 5.74) is 0.681. The van der Waals surface area contributed by atoms with Crippen LogP contribution >= 0.6 is 23.2 Å². The molecule has 0 spiro atoms. The normalized spacial score (nSPS) is 15.5. The van der Waals surface area contributed by atoms with Gasteiger partial charge in [-0.15, -0.1) is 0 Å². The van der Waals surface area contributed by atoms with E-state index in [1.807, 2.05) is 0 Å². The molecule has 0 aliphatic carbocycles. The van der Waals surface area contributed by atoms with E-state index in [1.165, 1.54) is 37.4 Å². The van der Waals surface area contributed by atoms with Gasteiger partial charge < -0.3 is 4.90 Å². The molecule has 3 rings (SSSR count). The fourth-order valence-electron chi connectivity index (χ4n) is 3.16. The summed E-state index contributed by atoms with van der Waals surface area (Å²) < 4.78 is 26.9. The summed E-state index contributed by atoms with van der Waals surface area (Å²) in [4.78, 5) is 14.8. The average molecular weight is 441 g/mol. The highest BCUT2D eigenvalue weighted by molar-refractivity contribution is 7.92. The van der Waals surface area contributed by atoms with Gasteiger partial charge in [-0.2, -0.15) is 0 Å². The zero-order valence-corrected chi connectivity index (χ0v) is 18.1. The molecule has 1 aliphatic heterocycles. The zero-order chi connectivity index (χ0) is 20.5. The highest BCUT2D eigenvalue weighted by atomic mass is 35.5. The van der Waals surface area contributed by atoms with Gasteiger partial charge in [0, 0.05) is 25.2 Å². The Bertz CT molecular complexity index is 969. The first-order chi connectivity index (χ1) is 13.2. The number of sulfonamides is 1. The van der Waals surface area contributed by atoms with Crippen LogP contribution in [0.1, 0.15) is 30.1 Å². The molecule has 8 heteroatoms. The molecule has 0 aromatic heterocycles. The Hall–Kier alpha value is -1.76. The average Bonchev–Trinajstić information content (AvgIpc) is 2.68. The summed E-state index contributed by atoms with van der Waals surface area (Å²) in [7, 11) is -2.34. The van der Waals surface area contributed by atoms with Crippen LogP contribution in [0.25, 0.3) is 0 Å². The number of halogens is 2. The number of carbonyl (C=O) groups is 1. The predicted molar refractivity (Wildman–Crippen MR) is 113 cm³/mol. The second kappa shape index (κ2) is 8.31. The number of nitrogens with zero attached hydrogens (tertiary/aromatic N) is 2. The van der Waals surface area contributed by atoms with E-state index < -0.39 is 10.0 Å². The van der Waals surface area contributed by atoms with Gasteiger partial charge in [0.05, 0.1) is 21.2 Å². The Morgan fingerprint density at radius 3 is 2.29 bits per heavy atom. The Morgan fingerprint density at radius 2 is 1.68 bits per heavy atom. The molecule has 0 N–H and O–H groups in total. The quantitative estimate of drug-likeness (QED) is 0.692. The molecule has 0 unspecified atom stereocenters. The van der Waals surface area contributed by atoms with Crippen molar-refractivity contribution in [2.75, 3.05) is 24.4 Å². The summed E-state index contributed by atoms with van der Waals surface area (Å²) in [5.74, 6) is 0.428. The lowest BCUT2D eigenvalue weighted by molar-refractivity contribution is 0.0697. The third-order valence-electron chi connectivity index (χ3n) is 5.09. The van der Waals surface area contributed by atoms with Crippen molar-refractivity contribution in [3.8, 4) is 0 Å². The lowest BCUT2D eigenvalue weighted by atomic mass is 9.98. The number of rotatable bonds is 4. The molecule has 2 aromatic rings. The van der Waals surface area contributed by atoms with Crippen LogP contribution in [0.4, 0.5) is 5.69 Å². The molecule has 2 aromatic carbocycles. The van der Waals surface area contributed by atoms with E-state index in [4.69, 9.17) is 23.2 Å². The number of piperidine rings is 1. The van der Waals surface area contributed by atoms with E-state index in [0.717, 1.165) is 17.1 Å². The van der Waals surface area contributed by atoms with Gasteiger partial charge in [0.2, 0.25) is 0 Å². The van der Waals surface area contributed by atoms with Crippen LogP contribution in [0.2, 0.25) is 10.0 Å². The molecule has 1 heterocycles. The Labute approximate surface area is 175 Å². The van der Waals surface area contributed by atoms with Gasteiger partial charge in [0.15, 0.2) is 0 Å². The van der Waals surface area contributed by atoms with Crippen molar-refractivity contribution in [1.82, 2.24) is 4.90 Å². The predicted octanol–water partition coefficient (Wildman–Crippen LogP) is 4.69. The largest absolute Gasteiger partial charge is 0.339 e. The number of anilines is 1. The number of hydrogen-bond donors (Lipinski definition) is 0.